The van der Waals surface area contributed by atoms with Crippen LogP contribution in [0.5, 0.6) is 0 Å². The van der Waals surface area contributed by atoms with Crippen LogP contribution in [0.25, 0.3) is 0 Å². The van der Waals surface area contributed by atoms with Gasteiger partial charge in [0.1, 0.15) is 12.1 Å². The first kappa shape index (κ1) is 21.3. The number of nitrogens with one attached hydrogen (secondary N) is 1. The second kappa shape index (κ2) is 9.39. The summed E-state index contributed by atoms with van der Waals surface area (Å²) in [5.41, 5.74) is 0.957. The smallest absolute Gasteiger partial charge is 0.326 e. The van der Waals surface area contributed by atoms with Crippen molar-refractivity contribution in [2.24, 2.45) is 5.92 Å². The second-order valence-corrected chi connectivity index (χ2v) is 7.98. The second-order valence-electron chi connectivity index (χ2n) is 7.98. The zero-order chi connectivity index (χ0) is 21.0. The Bertz CT molecular complexity index is 738. The minimum Gasteiger partial charge on any atom is -0.480 e. The fraction of sp³-hybridized carbons (Fsp3) is 0.591. The van der Waals surface area contributed by atoms with Crippen molar-refractivity contribution in [3.8, 4) is 0 Å². The maximum absolute atomic E-state index is 13.2. The van der Waals surface area contributed by atoms with Crippen LogP contribution in [0.15, 0.2) is 30.3 Å². The lowest BCUT2D eigenvalue weighted by atomic mass is 10.0. The quantitative estimate of drug-likeness (QED) is 0.646. The summed E-state index contributed by atoms with van der Waals surface area (Å²) in [5.74, 6) is -1.36. The Labute approximate surface area is 171 Å². The minimum atomic E-state index is -0.953. The van der Waals surface area contributed by atoms with Crippen molar-refractivity contribution in [1.82, 2.24) is 10.2 Å². The lowest BCUT2D eigenvalue weighted by Gasteiger charge is -2.31. The monoisotopic (exact) mass is 402 g/mol. The molecule has 1 aliphatic carbocycles. The average molecular weight is 402 g/mol. The van der Waals surface area contributed by atoms with Gasteiger partial charge in [-0.1, -0.05) is 36.8 Å². The van der Waals surface area contributed by atoms with Crippen LogP contribution in [0.4, 0.5) is 0 Å². The number of amides is 1. The van der Waals surface area contributed by atoms with E-state index in [1.807, 2.05) is 30.3 Å². The van der Waals surface area contributed by atoms with Gasteiger partial charge in [-0.3, -0.25) is 14.9 Å². The third-order valence-electron chi connectivity index (χ3n) is 6.05. The molecule has 1 aliphatic heterocycles. The van der Waals surface area contributed by atoms with Gasteiger partial charge in [0.2, 0.25) is 5.91 Å². The number of hydrogen-bond donors (Lipinski definition) is 2. The molecule has 1 amide bonds. The van der Waals surface area contributed by atoms with Crippen molar-refractivity contribution in [2.75, 3.05) is 6.61 Å². The molecular weight excluding hydrogens is 372 g/mol. The molecule has 1 aromatic carbocycles. The Morgan fingerprint density at radius 3 is 2.62 bits per heavy atom. The van der Waals surface area contributed by atoms with E-state index in [2.05, 4.69) is 5.32 Å². The van der Waals surface area contributed by atoms with Gasteiger partial charge in [0.15, 0.2) is 0 Å². The van der Waals surface area contributed by atoms with Gasteiger partial charge in [0.25, 0.3) is 0 Å². The predicted octanol–water partition coefficient (Wildman–Crippen LogP) is 1.99. The fourth-order valence-corrected chi connectivity index (χ4v) is 4.73. The Morgan fingerprint density at radius 1 is 1.24 bits per heavy atom. The van der Waals surface area contributed by atoms with Gasteiger partial charge in [-0.05, 0) is 51.0 Å². The normalized spacial score (nSPS) is 25.3. The Balaban J connectivity index is 1.73. The van der Waals surface area contributed by atoms with Crippen molar-refractivity contribution < 1.29 is 24.2 Å². The van der Waals surface area contributed by atoms with E-state index in [0.29, 0.717) is 12.8 Å². The van der Waals surface area contributed by atoms with Crippen molar-refractivity contribution in [2.45, 2.75) is 70.1 Å². The topological polar surface area (TPSA) is 95.9 Å². The van der Waals surface area contributed by atoms with E-state index in [9.17, 15) is 19.5 Å². The summed E-state index contributed by atoms with van der Waals surface area (Å²) in [6, 6.07) is 7.38. The number of esters is 1. The largest absolute Gasteiger partial charge is 0.480 e. The van der Waals surface area contributed by atoms with Gasteiger partial charge < -0.3 is 14.7 Å². The molecule has 1 heterocycles. The molecule has 0 spiro atoms. The Morgan fingerprint density at radius 2 is 1.97 bits per heavy atom. The van der Waals surface area contributed by atoms with Gasteiger partial charge in [-0.25, -0.2) is 4.79 Å². The first-order chi connectivity index (χ1) is 13.9. The van der Waals surface area contributed by atoms with E-state index in [4.69, 9.17) is 4.74 Å². The molecule has 1 aromatic rings. The molecule has 1 saturated carbocycles. The molecule has 5 atom stereocenters. The summed E-state index contributed by atoms with van der Waals surface area (Å²) >= 11 is 0. The third kappa shape index (κ3) is 4.78. The van der Waals surface area contributed by atoms with Crippen molar-refractivity contribution in [1.29, 1.82) is 0 Å². The number of likely N-dealkylation sites (tertiary alicyclic amines) is 1. The molecule has 7 nitrogen and oxygen atoms in total. The van der Waals surface area contributed by atoms with Crippen molar-refractivity contribution in [3.63, 3.8) is 0 Å². The maximum atomic E-state index is 13.2. The molecular formula is C22H30N2O5. The van der Waals surface area contributed by atoms with Crippen molar-refractivity contribution >= 4 is 17.8 Å². The number of carbonyl (C=O) groups excluding carboxylic acids is 2. The van der Waals surface area contributed by atoms with Gasteiger partial charge in [0, 0.05) is 6.04 Å². The summed E-state index contributed by atoms with van der Waals surface area (Å²) in [6.45, 7) is 3.69. The number of aliphatic carboxylic acids is 1. The van der Waals surface area contributed by atoms with Crippen LogP contribution in [0.1, 0.15) is 45.1 Å². The number of benzene rings is 1. The number of carbonyl (C=O) groups is 3. The highest BCUT2D eigenvalue weighted by Crippen LogP contribution is 2.41. The highest BCUT2D eigenvalue weighted by atomic mass is 16.5. The number of rotatable bonds is 8. The number of ether oxygens (including phenoxy) is 1. The Hall–Kier alpha value is -2.41. The Kier molecular flexibility index (Phi) is 6.90. The molecule has 2 N–H and O–H groups in total. The zero-order valence-corrected chi connectivity index (χ0v) is 17.0. The van der Waals surface area contributed by atoms with Gasteiger partial charge in [-0.2, -0.15) is 0 Å². The van der Waals surface area contributed by atoms with Crippen LogP contribution >= 0.6 is 0 Å². The summed E-state index contributed by atoms with van der Waals surface area (Å²) in [7, 11) is 0. The highest BCUT2D eigenvalue weighted by molar-refractivity contribution is 5.88. The maximum Gasteiger partial charge on any atom is 0.326 e. The van der Waals surface area contributed by atoms with Crippen LogP contribution in [0.2, 0.25) is 0 Å². The SMILES string of the molecule is CCOC(=O)[C@H](Cc1ccccc1)N[C@@H](C)C(=O)N1[C@H](C(=O)O)C[C@@H]2CCC[C@@H]21. The molecule has 0 bridgehead atoms. The van der Waals surface area contributed by atoms with Crippen LogP contribution in [-0.2, 0) is 25.5 Å². The molecule has 0 radical (unpaired) electrons. The number of fused-ring (bicyclic) bond motifs is 1. The summed E-state index contributed by atoms with van der Waals surface area (Å²) in [5, 5.41) is 12.7. The molecule has 158 valence electrons. The lowest BCUT2D eigenvalue weighted by Crippen LogP contribution is -2.55. The molecule has 2 aliphatic rings. The molecule has 0 aromatic heterocycles. The summed E-state index contributed by atoms with van der Waals surface area (Å²) in [6.07, 6.45) is 3.75. The molecule has 0 unspecified atom stereocenters. The number of carboxylic acid groups (broad SMARTS) is 1. The first-order valence-electron chi connectivity index (χ1n) is 10.4. The molecule has 1 saturated heterocycles. The van der Waals surface area contributed by atoms with Crippen molar-refractivity contribution in [3.05, 3.63) is 35.9 Å². The summed E-state index contributed by atoms with van der Waals surface area (Å²) < 4.78 is 5.19. The van der Waals surface area contributed by atoms with Gasteiger partial charge in [-0.15, -0.1) is 0 Å². The van der Waals surface area contributed by atoms with E-state index in [1.54, 1.807) is 18.7 Å². The van der Waals surface area contributed by atoms with Crippen LogP contribution in [0.3, 0.4) is 0 Å². The zero-order valence-electron chi connectivity index (χ0n) is 17.0. The average Bonchev–Trinajstić information content (AvgIpc) is 3.29. The lowest BCUT2D eigenvalue weighted by molar-refractivity contribution is -0.151. The predicted molar refractivity (Wildman–Crippen MR) is 107 cm³/mol. The van der Waals surface area contributed by atoms with Crippen LogP contribution in [0, 0.1) is 5.92 Å². The molecule has 3 rings (SSSR count). The van der Waals surface area contributed by atoms with Gasteiger partial charge in [0.05, 0.1) is 12.6 Å². The molecule has 7 heteroatoms. The third-order valence-corrected chi connectivity index (χ3v) is 6.05. The van der Waals surface area contributed by atoms with Gasteiger partial charge >= 0.3 is 11.9 Å². The fourth-order valence-electron chi connectivity index (χ4n) is 4.73. The van der Waals surface area contributed by atoms with E-state index >= 15 is 0 Å². The summed E-state index contributed by atoms with van der Waals surface area (Å²) in [4.78, 5) is 39.0. The van der Waals surface area contributed by atoms with Crippen LogP contribution in [-0.4, -0.2) is 58.6 Å². The molecule has 29 heavy (non-hydrogen) atoms. The number of hydrogen-bond acceptors (Lipinski definition) is 5. The van der Waals surface area contributed by atoms with E-state index in [1.165, 1.54) is 0 Å². The van der Waals surface area contributed by atoms with E-state index in [-0.39, 0.29) is 24.5 Å². The highest BCUT2D eigenvalue weighted by Gasteiger charge is 2.49. The van der Waals surface area contributed by atoms with E-state index in [0.717, 1.165) is 24.8 Å². The van der Waals surface area contributed by atoms with Crippen LogP contribution < -0.4 is 5.32 Å². The molecule has 2 fully saturated rings. The standard InChI is InChI=1S/C22H30N2O5/c1-3-29-22(28)17(12-15-8-5-4-6-9-15)23-14(2)20(25)24-18-11-7-10-16(18)13-19(24)21(26)27/h4-6,8-9,14,16-19,23H,3,7,10-13H2,1-2H3,(H,26,27)/t14-,16-,17-,18-,19-/m0/s1. The minimum absolute atomic E-state index is 0.0111. The van der Waals surface area contributed by atoms with E-state index < -0.39 is 30.1 Å². The number of carboxylic acids is 1. The first-order valence-corrected chi connectivity index (χ1v) is 10.4. The number of nitrogens with zero attached hydrogens (tertiary/aromatic N) is 1.